The molecule has 3 N–H and O–H groups in total. The van der Waals surface area contributed by atoms with Gasteiger partial charge < -0.3 is 11.1 Å². The number of nitrogens with one attached hydrogen (secondary N) is 1. The van der Waals surface area contributed by atoms with Gasteiger partial charge in [0.2, 0.25) is 5.95 Å². The zero-order valence-corrected chi connectivity index (χ0v) is 13.1. The number of nitrogens with two attached hydrogens (primary N) is 1. The number of pyridine rings is 1. The molecule has 0 atom stereocenters. The van der Waals surface area contributed by atoms with Crippen molar-refractivity contribution >= 4 is 34.7 Å². The van der Waals surface area contributed by atoms with Crippen LogP contribution in [-0.4, -0.2) is 24.6 Å². The maximum Gasteiger partial charge on any atom is 0.247 e. The molecule has 0 amide bonds. The second-order valence-corrected chi connectivity index (χ2v) is 5.52. The highest BCUT2D eigenvalue weighted by molar-refractivity contribution is 6.30. The number of hydrogen-bond acceptors (Lipinski definition) is 6. The lowest BCUT2D eigenvalue weighted by Crippen LogP contribution is -1.95. The Morgan fingerprint density at radius 2 is 1.88 bits per heavy atom. The maximum absolute atomic E-state index is 5.89. The van der Waals surface area contributed by atoms with Gasteiger partial charge >= 0.3 is 0 Å². The van der Waals surface area contributed by atoms with Crippen LogP contribution in [-0.2, 0) is 0 Å². The lowest BCUT2D eigenvalue weighted by Gasteiger charge is -2.01. The van der Waals surface area contributed by atoms with Crippen LogP contribution < -0.4 is 11.1 Å². The molecule has 0 aliphatic rings. The fourth-order valence-corrected chi connectivity index (χ4v) is 2.41. The Balaban J connectivity index is 1.74. The highest BCUT2D eigenvalue weighted by atomic mass is 35.5. The van der Waals surface area contributed by atoms with Crippen LogP contribution in [0.3, 0.4) is 0 Å². The molecule has 24 heavy (non-hydrogen) atoms. The summed E-state index contributed by atoms with van der Waals surface area (Å²) in [5, 5.41) is 8.23. The molecule has 3 heterocycles. The van der Waals surface area contributed by atoms with Gasteiger partial charge in [-0.3, -0.25) is 4.98 Å². The van der Waals surface area contributed by atoms with Crippen molar-refractivity contribution in [3.05, 3.63) is 60.0 Å². The molecule has 0 unspecified atom stereocenters. The average Bonchev–Trinajstić information content (AvgIpc) is 3.00. The molecule has 0 saturated heterocycles. The minimum Gasteiger partial charge on any atom is -0.384 e. The van der Waals surface area contributed by atoms with Gasteiger partial charge in [-0.25, -0.2) is 9.50 Å². The van der Waals surface area contributed by atoms with E-state index in [2.05, 4.69) is 25.4 Å². The summed E-state index contributed by atoms with van der Waals surface area (Å²) in [6, 6.07) is 10.9. The third-order valence-electron chi connectivity index (χ3n) is 3.41. The van der Waals surface area contributed by atoms with E-state index in [0.717, 1.165) is 11.3 Å². The van der Waals surface area contributed by atoms with Crippen LogP contribution in [0.4, 0.5) is 17.5 Å². The van der Waals surface area contributed by atoms with Crippen LogP contribution in [0.5, 0.6) is 0 Å². The van der Waals surface area contributed by atoms with Gasteiger partial charge in [0.1, 0.15) is 11.5 Å². The van der Waals surface area contributed by atoms with Crippen LogP contribution in [0.15, 0.2) is 55.0 Å². The summed E-state index contributed by atoms with van der Waals surface area (Å²) in [6.45, 7) is 0. The van der Waals surface area contributed by atoms with Gasteiger partial charge in [0, 0.05) is 34.9 Å². The Labute approximate surface area is 142 Å². The highest BCUT2D eigenvalue weighted by Crippen LogP contribution is 2.23. The van der Waals surface area contributed by atoms with E-state index in [4.69, 9.17) is 17.3 Å². The van der Waals surface area contributed by atoms with Gasteiger partial charge in [-0.05, 0) is 36.4 Å². The van der Waals surface area contributed by atoms with E-state index < -0.39 is 0 Å². The molecule has 8 heteroatoms. The number of nitrogens with zero attached hydrogens (tertiary/aromatic N) is 5. The Morgan fingerprint density at radius 3 is 2.62 bits per heavy atom. The van der Waals surface area contributed by atoms with E-state index in [1.807, 2.05) is 18.2 Å². The van der Waals surface area contributed by atoms with Crippen molar-refractivity contribution < 1.29 is 0 Å². The van der Waals surface area contributed by atoms with Crippen LogP contribution >= 0.6 is 11.6 Å². The number of rotatable bonds is 3. The minimum absolute atomic E-state index is 0.456. The fraction of sp³-hybridized carbons (Fsp3) is 0. The van der Waals surface area contributed by atoms with Crippen molar-refractivity contribution in [1.82, 2.24) is 24.6 Å². The number of fused-ring (bicyclic) bond motifs is 1. The topological polar surface area (TPSA) is 94.0 Å². The molecule has 0 aliphatic heterocycles. The highest BCUT2D eigenvalue weighted by Gasteiger charge is 2.11. The van der Waals surface area contributed by atoms with E-state index in [1.165, 1.54) is 0 Å². The lowest BCUT2D eigenvalue weighted by molar-refractivity contribution is 0.951. The molecular formula is C16H12ClN7. The molecule has 0 aliphatic carbocycles. The first kappa shape index (κ1) is 14.4. The Bertz CT molecular complexity index is 993. The summed E-state index contributed by atoms with van der Waals surface area (Å²) in [5.74, 6) is 0.923. The fourth-order valence-electron chi connectivity index (χ4n) is 2.28. The summed E-state index contributed by atoms with van der Waals surface area (Å²) in [5.41, 5.74) is 8.61. The summed E-state index contributed by atoms with van der Waals surface area (Å²) in [4.78, 5) is 13.0. The minimum atomic E-state index is 0.456. The van der Waals surface area contributed by atoms with Crippen LogP contribution in [0.1, 0.15) is 0 Å². The van der Waals surface area contributed by atoms with E-state index in [1.54, 1.807) is 41.3 Å². The second-order valence-electron chi connectivity index (χ2n) is 5.08. The molecule has 0 saturated carbocycles. The Morgan fingerprint density at radius 1 is 1.04 bits per heavy atom. The van der Waals surface area contributed by atoms with Gasteiger partial charge in [-0.15, -0.1) is 5.10 Å². The third-order valence-corrected chi connectivity index (χ3v) is 3.67. The molecule has 3 aromatic heterocycles. The summed E-state index contributed by atoms with van der Waals surface area (Å²) < 4.78 is 1.66. The standard InChI is InChI=1S/C16H12ClN7/c17-11-2-4-12(5-3-11)21-16-22-15-14(19-7-8-24(15)23-16)10-1-6-13(18)20-9-10/h1-9H,(H2,18,20)(H,21,23). The molecule has 7 nitrogen and oxygen atoms in total. The van der Waals surface area contributed by atoms with Crippen LogP contribution in [0.2, 0.25) is 5.02 Å². The van der Waals surface area contributed by atoms with E-state index >= 15 is 0 Å². The molecule has 4 aromatic rings. The van der Waals surface area contributed by atoms with Gasteiger partial charge in [-0.2, -0.15) is 4.98 Å². The number of benzene rings is 1. The summed E-state index contributed by atoms with van der Waals surface area (Å²) >= 11 is 5.89. The third kappa shape index (κ3) is 2.72. The normalized spacial score (nSPS) is 10.9. The van der Waals surface area contributed by atoms with Crippen LogP contribution in [0, 0.1) is 0 Å². The second kappa shape index (κ2) is 5.78. The number of aromatic nitrogens is 5. The number of anilines is 3. The first-order valence-corrected chi connectivity index (χ1v) is 7.53. The molecular weight excluding hydrogens is 326 g/mol. The van der Waals surface area contributed by atoms with Gasteiger partial charge in [0.15, 0.2) is 5.65 Å². The molecule has 0 bridgehead atoms. The summed E-state index contributed by atoms with van der Waals surface area (Å²) in [7, 11) is 0. The van der Waals surface area contributed by atoms with E-state index in [-0.39, 0.29) is 0 Å². The van der Waals surface area contributed by atoms with Crippen molar-refractivity contribution in [2.45, 2.75) is 0 Å². The van der Waals surface area contributed by atoms with Crippen molar-refractivity contribution in [3.63, 3.8) is 0 Å². The monoisotopic (exact) mass is 337 g/mol. The lowest BCUT2D eigenvalue weighted by atomic mass is 10.2. The van der Waals surface area contributed by atoms with Crippen molar-refractivity contribution in [3.8, 4) is 11.3 Å². The Hall–Kier alpha value is -3.19. The zero-order valence-electron chi connectivity index (χ0n) is 12.4. The van der Waals surface area contributed by atoms with Crippen molar-refractivity contribution in [2.75, 3.05) is 11.1 Å². The maximum atomic E-state index is 5.89. The van der Waals surface area contributed by atoms with E-state index in [0.29, 0.717) is 28.1 Å². The number of hydrogen-bond donors (Lipinski definition) is 2. The predicted octanol–water partition coefficient (Wildman–Crippen LogP) is 3.17. The first-order chi connectivity index (χ1) is 11.7. The van der Waals surface area contributed by atoms with Gasteiger partial charge in [0.05, 0.1) is 0 Å². The molecule has 0 radical (unpaired) electrons. The quantitative estimate of drug-likeness (QED) is 0.596. The smallest absolute Gasteiger partial charge is 0.247 e. The number of halogens is 1. The van der Waals surface area contributed by atoms with Gasteiger partial charge in [0.25, 0.3) is 0 Å². The molecule has 118 valence electrons. The first-order valence-electron chi connectivity index (χ1n) is 7.15. The zero-order chi connectivity index (χ0) is 16.5. The van der Waals surface area contributed by atoms with Crippen molar-refractivity contribution in [1.29, 1.82) is 0 Å². The SMILES string of the molecule is Nc1ccc(-c2nccn3nc(Nc4ccc(Cl)cc4)nc23)cn1. The van der Waals surface area contributed by atoms with Crippen LogP contribution in [0.25, 0.3) is 16.9 Å². The summed E-state index contributed by atoms with van der Waals surface area (Å²) in [6.07, 6.45) is 5.07. The van der Waals surface area contributed by atoms with Crippen molar-refractivity contribution in [2.24, 2.45) is 0 Å². The molecule has 0 spiro atoms. The number of nitrogen functional groups attached to an aromatic ring is 1. The van der Waals surface area contributed by atoms with Gasteiger partial charge in [-0.1, -0.05) is 11.6 Å². The molecule has 1 aromatic carbocycles. The molecule has 4 rings (SSSR count). The largest absolute Gasteiger partial charge is 0.384 e. The average molecular weight is 338 g/mol. The predicted molar refractivity (Wildman–Crippen MR) is 93.2 cm³/mol. The molecule has 0 fully saturated rings. The Kier molecular flexibility index (Phi) is 3.47. The van der Waals surface area contributed by atoms with E-state index in [9.17, 15) is 0 Å².